The zero-order chi connectivity index (χ0) is 11.9. The minimum Gasteiger partial charge on any atom is -0.353 e. The summed E-state index contributed by atoms with van der Waals surface area (Å²) in [6.45, 7) is 0. The van der Waals surface area contributed by atoms with Crippen LogP contribution in [-0.2, 0) is 0 Å². The number of nitrogens with zero attached hydrogens (tertiary/aromatic N) is 1. The van der Waals surface area contributed by atoms with Gasteiger partial charge >= 0.3 is 0 Å². The van der Waals surface area contributed by atoms with Gasteiger partial charge in [-0.25, -0.2) is 0 Å². The molecule has 0 spiro atoms. The van der Waals surface area contributed by atoms with Gasteiger partial charge in [0.05, 0.1) is 16.9 Å². The zero-order valence-electron chi connectivity index (χ0n) is 9.55. The van der Waals surface area contributed by atoms with Crippen molar-refractivity contribution in [2.75, 3.05) is 5.32 Å². The molecule has 1 aliphatic rings. The van der Waals surface area contributed by atoms with Crippen LogP contribution >= 0.6 is 11.8 Å². The Hall–Kier alpha value is -2.00. The fourth-order valence-corrected chi connectivity index (χ4v) is 3.27. The highest BCUT2D eigenvalue weighted by molar-refractivity contribution is 7.99. The summed E-state index contributed by atoms with van der Waals surface area (Å²) >= 11 is 1.81. The lowest BCUT2D eigenvalue weighted by Crippen LogP contribution is -2.00. The first-order valence-electron chi connectivity index (χ1n) is 5.83. The van der Waals surface area contributed by atoms with E-state index in [9.17, 15) is 0 Å². The highest BCUT2D eigenvalue weighted by Crippen LogP contribution is 2.46. The predicted octanol–water partition coefficient (Wildman–Crippen LogP) is 4.44. The van der Waals surface area contributed by atoms with Gasteiger partial charge in [-0.05, 0) is 36.4 Å². The lowest BCUT2D eigenvalue weighted by atomic mass is 10.1. The molecule has 1 aromatic heterocycles. The normalized spacial score (nSPS) is 12.7. The van der Waals surface area contributed by atoms with Gasteiger partial charge in [-0.3, -0.25) is 4.98 Å². The maximum absolute atomic E-state index is 4.40. The third kappa shape index (κ3) is 1.41. The Bertz CT molecular complexity index is 752. The number of anilines is 2. The Morgan fingerprint density at radius 2 is 1.83 bits per heavy atom. The van der Waals surface area contributed by atoms with Gasteiger partial charge in [0.2, 0.25) is 0 Å². The quantitative estimate of drug-likeness (QED) is 0.499. The van der Waals surface area contributed by atoms with Crippen LogP contribution in [0.4, 0.5) is 11.4 Å². The Labute approximate surface area is 109 Å². The molecule has 2 aromatic carbocycles. The smallest absolute Gasteiger partial charge is 0.0723 e. The number of benzene rings is 2. The molecular weight excluding hydrogens is 240 g/mol. The summed E-state index contributed by atoms with van der Waals surface area (Å²) in [4.78, 5) is 6.93. The Morgan fingerprint density at radius 3 is 2.83 bits per heavy atom. The van der Waals surface area contributed by atoms with Gasteiger partial charge in [0.15, 0.2) is 0 Å². The lowest BCUT2D eigenvalue weighted by molar-refractivity contribution is 1.32. The van der Waals surface area contributed by atoms with E-state index >= 15 is 0 Å². The van der Waals surface area contributed by atoms with Crippen LogP contribution < -0.4 is 5.32 Å². The summed E-state index contributed by atoms with van der Waals surface area (Å²) in [5.74, 6) is 0. The molecule has 0 unspecified atom stereocenters. The third-order valence-corrected chi connectivity index (χ3v) is 4.25. The molecule has 0 saturated heterocycles. The Morgan fingerprint density at radius 1 is 0.889 bits per heavy atom. The summed E-state index contributed by atoms with van der Waals surface area (Å²) in [6.07, 6.45) is 1.83. The van der Waals surface area contributed by atoms with Crippen molar-refractivity contribution in [2.45, 2.75) is 9.79 Å². The number of aromatic nitrogens is 1. The molecule has 0 atom stereocenters. The van der Waals surface area contributed by atoms with Crippen molar-refractivity contribution in [1.82, 2.24) is 4.98 Å². The van der Waals surface area contributed by atoms with E-state index in [1.54, 1.807) is 0 Å². The molecule has 1 N–H and O–H groups in total. The highest BCUT2D eigenvalue weighted by atomic mass is 32.2. The standard InChI is InChI=1S/C15H10N2S/c1-2-6-13-12(5-1)17-15-10-4-3-9-16-11(10)7-8-14(15)18-13/h1-9,17H. The summed E-state index contributed by atoms with van der Waals surface area (Å²) in [5.41, 5.74) is 3.37. The number of rotatable bonds is 0. The molecule has 4 rings (SSSR count). The van der Waals surface area contributed by atoms with Crippen molar-refractivity contribution in [3.05, 3.63) is 54.7 Å². The van der Waals surface area contributed by atoms with Crippen LogP contribution in [0.25, 0.3) is 10.9 Å². The minimum atomic E-state index is 1.03. The van der Waals surface area contributed by atoms with E-state index in [2.05, 4.69) is 52.8 Å². The topological polar surface area (TPSA) is 24.9 Å². The molecule has 2 nitrogen and oxygen atoms in total. The predicted molar refractivity (Wildman–Crippen MR) is 75.6 cm³/mol. The van der Waals surface area contributed by atoms with E-state index in [1.807, 2.05) is 24.0 Å². The maximum atomic E-state index is 4.40. The molecule has 0 radical (unpaired) electrons. The van der Waals surface area contributed by atoms with Gasteiger partial charge in [0.1, 0.15) is 0 Å². The van der Waals surface area contributed by atoms with Crippen LogP contribution in [0.2, 0.25) is 0 Å². The summed E-state index contributed by atoms with van der Waals surface area (Å²) in [7, 11) is 0. The van der Waals surface area contributed by atoms with E-state index in [0.717, 1.165) is 5.52 Å². The second-order valence-corrected chi connectivity index (χ2v) is 5.32. The van der Waals surface area contributed by atoms with Crippen LogP contribution in [0.15, 0.2) is 64.5 Å². The number of fused-ring (bicyclic) bond motifs is 4. The number of hydrogen-bond donors (Lipinski definition) is 1. The van der Waals surface area contributed by atoms with Gasteiger partial charge in [-0.1, -0.05) is 23.9 Å². The summed E-state index contributed by atoms with van der Waals surface area (Å²) in [6, 6.07) is 16.7. The van der Waals surface area contributed by atoms with Crippen LogP contribution in [-0.4, -0.2) is 4.98 Å². The zero-order valence-corrected chi connectivity index (χ0v) is 10.4. The fraction of sp³-hybridized carbons (Fsp3) is 0. The molecular formula is C15H10N2S. The molecule has 0 amide bonds. The van der Waals surface area contributed by atoms with E-state index in [0.29, 0.717) is 0 Å². The van der Waals surface area contributed by atoms with Crippen molar-refractivity contribution >= 4 is 34.0 Å². The SMILES string of the molecule is c1ccc2c(c1)Nc1c(ccc3ncccc13)S2. The van der Waals surface area contributed by atoms with E-state index in [4.69, 9.17) is 0 Å². The van der Waals surface area contributed by atoms with Gasteiger partial charge in [0.25, 0.3) is 0 Å². The van der Waals surface area contributed by atoms with Crippen molar-refractivity contribution in [2.24, 2.45) is 0 Å². The molecule has 86 valence electrons. The molecule has 18 heavy (non-hydrogen) atoms. The molecule has 2 heterocycles. The van der Waals surface area contributed by atoms with Crippen LogP contribution in [0, 0.1) is 0 Å². The van der Waals surface area contributed by atoms with Gasteiger partial charge in [-0.15, -0.1) is 0 Å². The van der Waals surface area contributed by atoms with E-state index in [1.165, 1.54) is 26.6 Å². The molecule has 0 saturated carbocycles. The van der Waals surface area contributed by atoms with Gasteiger partial charge < -0.3 is 5.32 Å². The average molecular weight is 250 g/mol. The summed E-state index contributed by atoms with van der Waals surface area (Å²) < 4.78 is 0. The first-order chi connectivity index (χ1) is 8.92. The van der Waals surface area contributed by atoms with E-state index < -0.39 is 0 Å². The van der Waals surface area contributed by atoms with Crippen molar-refractivity contribution in [3.63, 3.8) is 0 Å². The molecule has 0 bridgehead atoms. The molecule has 0 aliphatic carbocycles. The molecule has 0 fully saturated rings. The number of hydrogen-bond acceptors (Lipinski definition) is 3. The van der Waals surface area contributed by atoms with Crippen LogP contribution in [0.5, 0.6) is 0 Å². The number of pyridine rings is 1. The molecule has 3 aromatic rings. The van der Waals surface area contributed by atoms with Crippen molar-refractivity contribution in [1.29, 1.82) is 0 Å². The fourth-order valence-electron chi connectivity index (χ4n) is 2.26. The second-order valence-electron chi connectivity index (χ2n) is 4.23. The van der Waals surface area contributed by atoms with Crippen molar-refractivity contribution < 1.29 is 0 Å². The first kappa shape index (κ1) is 9.97. The van der Waals surface area contributed by atoms with Crippen molar-refractivity contribution in [3.8, 4) is 0 Å². The maximum Gasteiger partial charge on any atom is 0.0723 e. The monoisotopic (exact) mass is 250 g/mol. The summed E-state index contributed by atoms with van der Waals surface area (Å²) in [5, 5.41) is 4.70. The van der Waals surface area contributed by atoms with E-state index in [-0.39, 0.29) is 0 Å². The van der Waals surface area contributed by atoms with Crippen LogP contribution in [0.1, 0.15) is 0 Å². The Balaban J connectivity index is 1.98. The molecule has 3 heteroatoms. The first-order valence-corrected chi connectivity index (χ1v) is 6.65. The number of nitrogens with one attached hydrogen (secondary N) is 1. The molecule has 1 aliphatic heterocycles. The second kappa shape index (κ2) is 3.75. The average Bonchev–Trinajstić information content (AvgIpc) is 2.45. The lowest BCUT2D eigenvalue weighted by Gasteiger charge is -2.21. The largest absolute Gasteiger partial charge is 0.353 e. The van der Waals surface area contributed by atoms with Gasteiger partial charge in [-0.2, -0.15) is 0 Å². The van der Waals surface area contributed by atoms with Gasteiger partial charge in [0, 0.05) is 21.4 Å². The van der Waals surface area contributed by atoms with Crippen LogP contribution in [0.3, 0.4) is 0 Å². The Kier molecular flexibility index (Phi) is 2.08. The number of para-hydroxylation sites is 1. The highest BCUT2D eigenvalue weighted by Gasteiger charge is 2.17. The third-order valence-electron chi connectivity index (χ3n) is 3.11. The minimum absolute atomic E-state index is 1.03.